The van der Waals surface area contributed by atoms with Crippen LogP contribution in [0, 0.1) is 13.8 Å². The number of rotatable bonds is 5. The van der Waals surface area contributed by atoms with Crippen LogP contribution in [0.2, 0.25) is 0 Å². The first-order valence-electron chi connectivity index (χ1n) is 7.26. The Morgan fingerprint density at radius 3 is 2.38 bits per heavy atom. The fourth-order valence-electron chi connectivity index (χ4n) is 2.93. The maximum atomic E-state index is 12.1. The molecule has 118 valence electrons. The lowest BCUT2D eigenvalue weighted by Crippen LogP contribution is -2.52. The van der Waals surface area contributed by atoms with Crippen LogP contribution in [-0.2, 0) is 4.79 Å². The number of carbonyl (C=O) groups excluding carboxylic acids is 1. The summed E-state index contributed by atoms with van der Waals surface area (Å²) in [4.78, 5) is 12.1. The van der Waals surface area contributed by atoms with Crippen LogP contribution in [0.15, 0.2) is 18.2 Å². The molecule has 0 heterocycles. The molecule has 5 heteroatoms. The summed E-state index contributed by atoms with van der Waals surface area (Å²) in [6, 6.07) is 5.96. The molecule has 0 saturated heterocycles. The molecule has 1 fully saturated rings. The van der Waals surface area contributed by atoms with Gasteiger partial charge < -0.3 is 15.8 Å². The van der Waals surface area contributed by atoms with Crippen molar-refractivity contribution in [2.45, 2.75) is 45.1 Å². The van der Waals surface area contributed by atoms with Gasteiger partial charge in [-0.15, -0.1) is 12.4 Å². The van der Waals surface area contributed by atoms with Crippen molar-refractivity contribution in [1.82, 2.24) is 5.32 Å². The van der Waals surface area contributed by atoms with Crippen LogP contribution in [0.4, 0.5) is 0 Å². The largest absolute Gasteiger partial charge is 0.483 e. The van der Waals surface area contributed by atoms with Gasteiger partial charge in [0, 0.05) is 6.54 Å². The van der Waals surface area contributed by atoms with Gasteiger partial charge in [-0.2, -0.15) is 0 Å². The Hall–Kier alpha value is -1.26. The molecule has 0 aliphatic heterocycles. The molecule has 0 aromatic heterocycles. The second kappa shape index (κ2) is 7.66. The van der Waals surface area contributed by atoms with E-state index in [1.807, 2.05) is 32.0 Å². The van der Waals surface area contributed by atoms with E-state index in [1.165, 1.54) is 0 Å². The van der Waals surface area contributed by atoms with E-state index < -0.39 is 0 Å². The molecule has 0 atom stereocenters. The zero-order valence-corrected chi connectivity index (χ0v) is 13.6. The lowest BCUT2D eigenvalue weighted by Gasteiger charge is -2.28. The number of benzene rings is 1. The van der Waals surface area contributed by atoms with E-state index in [1.54, 1.807) is 0 Å². The van der Waals surface area contributed by atoms with E-state index in [9.17, 15) is 4.79 Å². The van der Waals surface area contributed by atoms with Gasteiger partial charge in [0.15, 0.2) is 6.61 Å². The minimum Gasteiger partial charge on any atom is -0.483 e. The van der Waals surface area contributed by atoms with Crippen molar-refractivity contribution in [3.8, 4) is 5.75 Å². The summed E-state index contributed by atoms with van der Waals surface area (Å²) in [6.07, 6.45) is 4.21. The highest BCUT2D eigenvalue weighted by atomic mass is 35.5. The second-order valence-electron chi connectivity index (χ2n) is 5.75. The topological polar surface area (TPSA) is 64.3 Å². The molecule has 0 unspecified atom stereocenters. The predicted octanol–water partition coefficient (Wildman–Crippen LogP) is 2.49. The smallest absolute Gasteiger partial charge is 0.258 e. The van der Waals surface area contributed by atoms with Gasteiger partial charge in [0.1, 0.15) is 5.75 Å². The first-order chi connectivity index (χ1) is 9.56. The normalized spacial score (nSPS) is 16.1. The highest BCUT2D eigenvalue weighted by molar-refractivity contribution is 5.85. The average molecular weight is 313 g/mol. The van der Waals surface area contributed by atoms with E-state index in [-0.39, 0.29) is 30.5 Å². The number of hydrogen-bond donors (Lipinski definition) is 2. The van der Waals surface area contributed by atoms with E-state index in [0.717, 1.165) is 42.6 Å². The molecular weight excluding hydrogens is 288 g/mol. The highest BCUT2D eigenvalue weighted by Gasteiger charge is 2.33. The zero-order valence-electron chi connectivity index (χ0n) is 12.8. The summed E-state index contributed by atoms with van der Waals surface area (Å²) >= 11 is 0. The van der Waals surface area contributed by atoms with Crippen molar-refractivity contribution in [1.29, 1.82) is 0 Å². The predicted molar refractivity (Wildman–Crippen MR) is 87.1 cm³/mol. The van der Waals surface area contributed by atoms with Crippen molar-refractivity contribution in [3.05, 3.63) is 29.3 Å². The lowest BCUT2D eigenvalue weighted by atomic mass is 9.98. The van der Waals surface area contributed by atoms with Crippen molar-refractivity contribution >= 4 is 18.3 Å². The number of halogens is 1. The SMILES string of the molecule is Cc1cccc(C)c1OCC(=O)NC1(CN)CCCC1.Cl. The maximum Gasteiger partial charge on any atom is 0.258 e. The van der Waals surface area contributed by atoms with Crippen molar-refractivity contribution in [2.75, 3.05) is 13.2 Å². The third-order valence-corrected chi connectivity index (χ3v) is 4.11. The molecule has 1 amide bonds. The molecule has 0 spiro atoms. The van der Waals surface area contributed by atoms with E-state index in [4.69, 9.17) is 10.5 Å². The van der Waals surface area contributed by atoms with Crippen LogP contribution in [0.25, 0.3) is 0 Å². The van der Waals surface area contributed by atoms with Crippen LogP contribution in [0.5, 0.6) is 5.75 Å². The minimum atomic E-state index is -0.207. The fraction of sp³-hybridized carbons (Fsp3) is 0.562. The highest BCUT2D eigenvalue weighted by Crippen LogP contribution is 2.28. The number of amides is 1. The number of nitrogens with one attached hydrogen (secondary N) is 1. The van der Waals surface area contributed by atoms with Gasteiger partial charge in [-0.1, -0.05) is 31.0 Å². The molecule has 1 aromatic rings. The number of nitrogens with two attached hydrogens (primary N) is 1. The van der Waals surface area contributed by atoms with Gasteiger partial charge in [0.05, 0.1) is 5.54 Å². The van der Waals surface area contributed by atoms with Crippen molar-refractivity contribution in [3.63, 3.8) is 0 Å². The summed E-state index contributed by atoms with van der Waals surface area (Å²) in [6.45, 7) is 4.52. The molecular formula is C16H25ClN2O2. The second-order valence-corrected chi connectivity index (χ2v) is 5.75. The molecule has 0 radical (unpaired) electrons. The van der Waals surface area contributed by atoms with Gasteiger partial charge in [-0.3, -0.25) is 4.79 Å². The van der Waals surface area contributed by atoms with Crippen LogP contribution in [0.3, 0.4) is 0 Å². The Morgan fingerprint density at radius 1 is 1.29 bits per heavy atom. The van der Waals surface area contributed by atoms with Gasteiger partial charge in [0.25, 0.3) is 5.91 Å². The quantitative estimate of drug-likeness (QED) is 0.878. The number of para-hydroxylation sites is 1. The minimum absolute atomic E-state index is 0. The summed E-state index contributed by atoms with van der Waals surface area (Å²) in [7, 11) is 0. The summed E-state index contributed by atoms with van der Waals surface area (Å²) in [5.74, 6) is 0.718. The molecule has 1 aliphatic carbocycles. The first-order valence-corrected chi connectivity index (χ1v) is 7.26. The lowest BCUT2D eigenvalue weighted by molar-refractivity contribution is -0.124. The Labute approximate surface area is 132 Å². The summed E-state index contributed by atoms with van der Waals surface area (Å²) in [5, 5.41) is 3.06. The molecule has 3 N–H and O–H groups in total. The Morgan fingerprint density at radius 2 is 1.86 bits per heavy atom. The van der Waals surface area contributed by atoms with Gasteiger partial charge >= 0.3 is 0 Å². The molecule has 1 aliphatic rings. The molecule has 1 aromatic carbocycles. The van der Waals surface area contributed by atoms with E-state index in [0.29, 0.717) is 6.54 Å². The van der Waals surface area contributed by atoms with Crippen LogP contribution in [0.1, 0.15) is 36.8 Å². The first kappa shape index (κ1) is 17.8. The Kier molecular flexibility index (Phi) is 6.49. The monoisotopic (exact) mass is 312 g/mol. The molecule has 4 nitrogen and oxygen atoms in total. The van der Waals surface area contributed by atoms with Crippen LogP contribution >= 0.6 is 12.4 Å². The maximum absolute atomic E-state index is 12.1. The third-order valence-electron chi connectivity index (χ3n) is 4.11. The van der Waals surface area contributed by atoms with E-state index in [2.05, 4.69) is 5.32 Å². The third kappa shape index (κ3) is 4.35. The Balaban J connectivity index is 0.00000220. The molecule has 2 rings (SSSR count). The van der Waals surface area contributed by atoms with Crippen LogP contribution in [-0.4, -0.2) is 24.6 Å². The average Bonchev–Trinajstić information content (AvgIpc) is 2.87. The zero-order chi connectivity index (χ0) is 14.6. The number of hydrogen-bond acceptors (Lipinski definition) is 3. The molecule has 0 bridgehead atoms. The van der Waals surface area contributed by atoms with Crippen molar-refractivity contribution < 1.29 is 9.53 Å². The van der Waals surface area contributed by atoms with Gasteiger partial charge in [0.2, 0.25) is 0 Å². The number of aryl methyl sites for hydroxylation is 2. The van der Waals surface area contributed by atoms with Crippen LogP contribution < -0.4 is 15.8 Å². The molecule has 21 heavy (non-hydrogen) atoms. The summed E-state index contributed by atoms with van der Waals surface area (Å²) < 4.78 is 5.68. The van der Waals surface area contributed by atoms with E-state index >= 15 is 0 Å². The standard InChI is InChI=1S/C16H24N2O2.ClH/c1-12-6-5-7-13(2)15(12)20-10-14(19)18-16(11-17)8-3-4-9-16;/h5-7H,3-4,8-11,17H2,1-2H3,(H,18,19);1H. The Bertz CT molecular complexity index is 465. The summed E-state index contributed by atoms with van der Waals surface area (Å²) in [5.41, 5.74) is 7.71. The fourth-order valence-corrected chi connectivity index (χ4v) is 2.93. The van der Waals surface area contributed by atoms with Crippen molar-refractivity contribution in [2.24, 2.45) is 5.73 Å². The number of carbonyl (C=O) groups is 1. The van der Waals surface area contributed by atoms with Gasteiger partial charge in [-0.05, 0) is 37.8 Å². The molecule has 1 saturated carbocycles. The number of ether oxygens (including phenoxy) is 1. The van der Waals surface area contributed by atoms with Gasteiger partial charge in [-0.25, -0.2) is 0 Å².